The van der Waals surface area contributed by atoms with Gasteiger partial charge in [0.2, 0.25) is 0 Å². The van der Waals surface area contributed by atoms with Crippen LogP contribution in [0.25, 0.3) is 0 Å². The number of nitrogens with one attached hydrogen (secondary N) is 1. The molecule has 0 spiro atoms. The van der Waals surface area contributed by atoms with Crippen molar-refractivity contribution in [3.63, 3.8) is 0 Å². The summed E-state index contributed by atoms with van der Waals surface area (Å²) in [4.78, 5) is 13.7. The maximum atomic E-state index is 11.8. The lowest BCUT2D eigenvalue weighted by Gasteiger charge is -2.26. The molecule has 2 N–H and O–H groups in total. The van der Waals surface area contributed by atoms with Crippen LogP contribution in [-0.4, -0.2) is 42.3 Å². The van der Waals surface area contributed by atoms with Gasteiger partial charge in [-0.05, 0) is 37.5 Å². The van der Waals surface area contributed by atoms with E-state index in [1.54, 1.807) is 0 Å². The number of likely N-dealkylation sites (tertiary alicyclic amines) is 1. The Bertz CT molecular complexity index is 241. The second-order valence-electron chi connectivity index (χ2n) is 5.10. The maximum Gasteiger partial charge on any atom is 0.317 e. The van der Waals surface area contributed by atoms with Crippen molar-refractivity contribution < 1.29 is 9.90 Å². The van der Waals surface area contributed by atoms with E-state index in [1.165, 1.54) is 19.3 Å². The van der Waals surface area contributed by atoms with Crippen LogP contribution >= 0.6 is 0 Å². The highest BCUT2D eigenvalue weighted by Gasteiger charge is 2.26. The Labute approximate surface area is 97.0 Å². The number of aliphatic hydroxyl groups is 1. The van der Waals surface area contributed by atoms with E-state index >= 15 is 0 Å². The van der Waals surface area contributed by atoms with Gasteiger partial charge < -0.3 is 15.3 Å². The first-order valence-corrected chi connectivity index (χ1v) is 6.43. The van der Waals surface area contributed by atoms with Crippen molar-refractivity contribution in [3.05, 3.63) is 0 Å². The first kappa shape index (κ1) is 11.7. The van der Waals surface area contributed by atoms with Crippen LogP contribution in [0.15, 0.2) is 0 Å². The minimum absolute atomic E-state index is 0.0901. The number of rotatable bonds is 4. The van der Waals surface area contributed by atoms with Crippen molar-refractivity contribution in [2.45, 2.75) is 32.1 Å². The number of nitrogens with zero attached hydrogens (tertiary/aromatic N) is 1. The van der Waals surface area contributed by atoms with Gasteiger partial charge in [0.25, 0.3) is 0 Å². The highest BCUT2D eigenvalue weighted by atomic mass is 16.3. The van der Waals surface area contributed by atoms with Crippen molar-refractivity contribution in [2.24, 2.45) is 11.8 Å². The summed E-state index contributed by atoms with van der Waals surface area (Å²) < 4.78 is 0. The second-order valence-corrected chi connectivity index (χ2v) is 5.10. The summed E-state index contributed by atoms with van der Waals surface area (Å²) in [5, 5.41) is 11.9. The second kappa shape index (κ2) is 5.53. The fraction of sp³-hybridized carbons (Fsp3) is 0.917. The summed E-state index contributed by atoms with van der Waals surface area (Å²) in [7, 11) is 0. The summed E-state index contributed by atoms with van der Waals surface area (Å²) in [6, 6.07) is 0.0901. The summed E-state index contributed by atoms with van der Waals surface area (Å²) in [6.07, 6.45) is 5.73. The van der Waals surface area contributed by atoms with Gasteiger partial charge in [0, 0.05) is 26.2 Å². The van der Waals surface area contributed by atoms with Crippen LogP contribution < -0.4 is 5.32 Å². The molecular weight excluding hydrogens is 204 g/mol. The molecule has 0 radical (unpaired) electrons. The fourth-order valence-electron chi connectivity index (χ4n) is 2.48. The van der Waals surface area contributed by atoms with E-state index in [1.807, 2.05) is 4.90 Å². The van der Waals surface area contributed by atoms with Crippen LogP contribution in [-0.2, 0) is 0 Å². The van der Waals surface area contributed by atoms with Gasteiger partial charge in [-0.2, -0.15) is 0 Å². The van der Waals surface area contributed by atoms with E-state index in [0.29, 0.717) is 5.92 Å². The molecule has 2 amide bonds. The molecule has 1 aliphatic heterocycles. The van der Waals surface area contributed by atoms with E-state index in [4.69, 9.17) is 5.11 Å². The molecule has 0 aromatic carbocycles. The fourth-order valence-corrected chi connectivity index (χ4v) is 2.48. The zero-order valence-electron chi connectivity index (χ0n) is 9.82. The predicted molar refractivity (Wildman–Crippen MR) is 62.1 cm³/mol. The Morgan fingerprint density at radius 2 is 2.12 bits per heavy atom. The number of carbonyl (C=O) groups excluding carboxylic acids is 1. The molecule has 1 saturated heterocycles. The Balaban J connectivity index is 1.65. The van der Waals surface area contributed by atoms with Crippen LogP contribution in [0.2, 0.25) is 0 Å². The molecule has 1 saturated carbocycles. The maximum absolute atomic E-state index is 11.8. The van der Waals surface area contributed by atoms with Crippen molar-refractivity contribution in [1.82, 2.24) is 10.2 Å². The molecule has 2 aliphatic rings. The Morgan fingerprint density at radius 1 is 1.31 bits per heavy atom. The molecule has 1 unspecified atom stereocenters. The van der Waals surface area contributed by atoms with Gasteiger partial charge in [-0.1, -0.05) is 6.42 Å². The van der Waals surface area contributed by atoms with Crippen molar-refractivity contribution in [3.8, 4) is 0 Å². The zero-order valence-corrected chi connectivity index (χ0v) is 9.82. The molecule has 0 aromatic heterocycles. The average Bonchev–Trinajstić information content (AvgIpc) is 2.64. The van der Waals surface area contributed by atoms with Gasteiger partial charge in [0.15, 0.2) is 0 Å². The van der Waals surface area contributed by atoms with Gasteiger partial charge in [-0.25, -0.2) is 4.79 Å². The third-order valence-corrected chi connectivity index (χ3v) is 3.88. The lowest BCUT2D eigenvalue weighted by atomic mass is 9.85. The molecule has 0 bridgehead atoms. The van der Waals surface area contributed by atoms with Crippen LogP contribution in [0, 0.1) is 11.8 Å². The minimum Gasteiger partial charge on any atom is -0.396 e. The quantitative estimate of drug-likeness (QED) is 0.757. The third-order valence-electron chi connectivity index (χ3n) is 3.88. The van der Waals surface area contributed by atoms with Crippen molar-refractivity contribution >= 4 is 6.03 Å². The number of urea groups is 1. The summed E-state index contributed by atoms with van der Waals surface area (Å²) in [5.41, 5.74) is 0. The lowest BCUT2D eigenvalue weighted by molar-refractivity contribution is 0.198. The van der Waals surface area contributed by atoms with Crippen LogP contribution in [0.1, 0.15) is 32.1 Å². The van der Waals surface area contributed by atoms with Gasteiger partial charge in [0.1, 0.15) is 0 Å². The van der Waals surface area contributed by atoms with E-state index in [0.717, 1.165) is 38.4 Å². The third kappa shape index (κ3) is 2.88. The lowest BCUT2D eigenvalue weighted by Crippen LogP contribution is -2.41. The number of carbonyl (C=O) groups is 1. The molecule has 0 aromatic rings. The normalized spacial score (nSPS) is 25.6. The van der Waals surface area contributed by atoms with E-state index in [2.05, 4.69) is 5.32 Å². The average molecular weight is 226 g/mol. The molecule has 2 fully saturated rings. The largest absolute Gasteiger partial charge is 0.396 e. The van der Waals surface area contributed by atoms with Gasteiger partial charge in [-0.15, -0.1) is 0 Å². The van der Waals surface area contributed by atoms with Gasteiger partial charge >= 0.3 is 6.03 Å². The van der Waals surface area contributed by atoms with E-state index < -0.39 is 0 Å². The first-order valence-electron chi connectivity index (χ1n) is 6.43. The van der Waals surface area contributed by atoms with Crippen molar-refractivity contribution in [1.29, 1.82) is 0 Å². The predicted octanol–water partition coefficient (Wildman–Crippen LogP) is 1.20. The Kier molecular flexibility index (Phi) is 4.04. The van der Waals surface area contributed by atoms with Crippen LogP contribution in [0.4, 0.5) is 4.79 Å². The Morgan fingerprint density at radius 3 is 2.75 bits per heavy atom. The van der Waals surface area contributed by atoms with Gasteiger partial charge in [-0.3, -0.25) is 0 Å². The number of aliphatic hydroxyl groups excluding tert-OH is 1. The van der Waals surface area contributed by atoms with E-state index in [9.17, 15) is 4.79 Å². The highest BCUT2D eigenvalue weighted by Crippen LogP contribution is 2.25. The molecule has 16 heavy (non-hydrogen) atoms. The van der Waals surface area contributed by atoms with Gasteiger partial charge in [0.05, 0.1) is 0 Å². The molecule has 1 heterocycles. The number of hydrogen-bond acceptors (Lipinski definition) is 2. The molecule has 1 aliphatic carbocycles. The van der Waals surface area contributed by atoms with Crippen molar-refractivity contribution in [2.75, 3.05) is 26.2 Å². The topological polar surface area (TPSA) is 52.6 Å². The molecule has 4 heteroatoms. The first-order chi connectivity index (χ1) is 7.79. The number of hydrogen-bond donors (Lipinski definition) is 2. The minimum atomic E-state index is 0.0901. The van der Waals surface area contributed by atoms with Crippen LogP contribution in [0.3, 0.4) is 0 Å². The van der Waals surface area contributed by atoms with Crippen LogP contribution in [0.5, 0.6) is 0 Å². The monoisotopic (exact) mass is 226 g/mol. The summed E-state index contributed by atoms with van der Waals surface area (Å²) in [5.74, 6) is 1.22. The molecule has 1 atom stereocenters. The summed E-state index contributed by atoms with van der Waals surface area (Å²) in [6.45, 7) is 2.75. The Hall–Kier alpha value is -0.770. The molecule has 2 rings (SSSR count). The summed E-state index contributed by atoms with van der Waals surface area (Å²) >= 11 is 0. The SMILES string of the molecule is O=C(NCC1CCC1)N1CCC(CCO)C1. The molecular formula is C12H22N2O2. The van der Waals surface area contributed by atoms with E-state index in [-0.39, 0.29) is 12.6 Å². The molecule has 4 nitrogen and oxygen atoms in total. The standard InChI is InChI=1S/C12H22N2O2/c15-7-5-11-4-6-14(9-11)12(16)13-8-10-2-1-3-10/h10-11,15H,1-9H2,(H,13,16). The smallest absolute Gasteiger partial charge is 0.317 e. The zero-order chi connectivity index (χ0) is 11.4. The molecule has 92 valence electrons. The number of amides is 2. The highest BCUT2D eigenvalue weighted by molar-refractivity contribution is 5.74.